The molecule has 1 saturated heterocycles. The summed E-state index contributed by atoms with van der Waals surface area (Å²) in [5, 5.41) is 18.0. The SMILES string of the molecule is Cn1cc([C@](C)(O)CN[C@H]2CCCSC2)cn1. The third-order valence-corrected chi connectivity index (χ3v) is 4.44. The molecule has 1 aromatic heterocycles. The smallest absolute Gasteiger partial charge is 0.102 e. The molecule has 1 aliphatic rings. The van der Waals surface area contributed by atoms with Crippen LogP contribution in [0.5, 0.6) is 0 Å². The molecule has 0 aliphatic carbocycles. The molecular formula is C12H21N3OS. The molecule has 0 unspecified atom stereocenters. The van der Waals surface area contributed by atoms with Crippen LogP contribution in [0.2, 0.25) is 0 Å². The molecule has 2 rings (SSSR count). The van der Waals surface area contributed by atoms with E-state index in [1.807, 2.05) is 31.9 Å². The maximum absolute atomic E-state index is 10.4. The Morgan fingerprint density at radius 1 is 1.71 bits per heavy atom. The van der Waals surface area contributed by atoms with Gasteiger partial charge in [0.05, 0.1) is 6.20 Å². The fourth-order valence-corrected chi connectivity index (χ4v) is 3.15. The van der Waals surface area contributed by atoms with E-state index in [0.717, 1.165) is 11.3 Å². The molecule has 1 aliphatic heterocycles. The second-order valence-corrected chi connectivity index (χ2v) is 6.12. The Kier molecular flexibility index (Phi) is 4.12. The first-order valence-corrected chi connectivity index (χ1v) is 7.26. The second-order valence-electron chi connectivity index (χ2n) is 4.97. The minimum atomic E-state index is -0.837. The van der Waals surface area contributed by atoms with E-state index in [4.69, 9.17) is 0 Å². The standard InChI is InChI=1S/C12H21N3OS/c1-12(16,10-6-14-15(2)7-10)9-13-11-4-3-5-17-8-11/h6-7,11,13,16H,3-5,8-9H2,1-2H3/t11-,12+/m0/s1. The molecule has 5 heteroatoms. The third kappa shape index (κ3) is 3.47. The van der Waals surface area contributed by atoms with Gasteiger partial charge < -0.3 is 10.4 Å². The zero-order chi connectivity index (χ0) is 12.3. The second kappa shape index (κ2) is 5.42. The number of rotatable bonds is 4. The number of aryl methyl sites for hydroxylation is 1. The van der Waals surface area contributed by atoms with Gasteiger partial charge in [0.25, 0.3) is 0 Å². The highest BCUT2D eigenvalue weighted by molar-refractivity contribution is 7.99. The summed E-state index contributed by atoms with van der Waals surface area (Å²) in [5.41, 5.74) is 0.0343. The lowest BCUT2D eigenvalue weighted by molar-refractivity contribution is 0.0541. The summed E-state index contributed by atoms with van der Waals surface area (Å²) < 4.78 is 1.72. The minimum absolute atomic E-state index is 0.539. The van der Waals surface area contributed by atoms with Gasteiger partial charge in [0.2, 0.25) is 0 Å². The highest BCUT2D eigenvalue weighted by Crippen LogP contribution is 2.21. The van der Waals surface area contributed by atoms with Crippen LogP contribution in [0.4, 0.5) is 0 Å². The first-order valence-electron chi connectivity index (χ1n) is 6.10. The van der Waals surface area contributed by atoms with E-state index in [9.17, 15) is 5.11 Å². The number of aliphatic hydroxyl groups is 1. The molecule has 2 heterocycles. The first-order chi connectivity index (χ1) is 8.08. The predicted molar refractivity (Wildman–Crippen MR) is 71.1 cm³/mol. The van der Waals surface area contributed by atoms with E-state index in [1.54, 1.807) is 10.9 Å². The molecule has 2 atom stereocenters. The quantitative estimate of drug-likeness (QED) is 0.846. The number of nitrogens with zero attached hydrogens (tertiary/aromatic N) is 2. The van der Waals surface area contributed by atoms with Crippen molar-refractivity contribution in [1.29, 1.82) is 0 Å². The molecular weight excluding hydrogens is 234 g/mol. The van der Waals surface area contributed by atoms with Crippen molar-refractivity contribution in [3.63, 3.8) is 0 Å². The first kappa shape index (κ1) is 12.9. The summed E-state index contributed by atoms with van der Waals surface area (Å²) in [5.74, 6) is 2.43. The summed E-state index contributed by atoms with van der Waals surface area (Å²) in [6.07, 6.45) is 6.10. The van der Waals surface area contributed by atoms with Crippen LogP contribution in [0.25, 0.3) is 0 Å². The van der Waals surface area contributed by atoms with Crippen LogP contribution in [0.3, 0.4) is 0 Å². The average molecular weight is 255 g/mol. The molecule has 0 bridgehead atoms. The van der Waals surface area contributed by atoms with Gasteiger partial charge in [-0.25, -0.2) is 0 Å². The summed E-state index contributed by atoms with van der Waals surface area (Å²) in [4.78, 5) is 0. The van der Waals surface area contributed by atoms with E-state index in [0.29, 0.717) is 12.6 Å². The lowest BCUT2D eigenvalue weighted by atomic mass is 9.99. The van der Waals surface area contributed by atoms with E-state index in [2.05, 4.69) is 10.4 Å². The Morgan fingerprint density at radius 2 is 2.53 bits per heavy atom. The Bertz CT molecular complexity index is 358. The number of aromatic nitrogens is 2. The summed E-state index contributed by atoms with van der Waals surface area (Å²) in [6, 6.07) is 0.539. The Labute approximate surface area is 107 Å². The number of hydrogen-bond acceptors (Lipinski definition) is 4. The van der Waals surface area contributed by atoms with Crippen LogP contribution in [-0.2, 0) is 12.6 Å². The average Bonchev–Trinajstić information content (AvgIpc) is 2.76. The number of nitrogens with one attached hydrogen (secondary N) is 1. The molecule has 0 amide bonds. The van der Waals surface area contributed by atoms with Crippen molar-refractivity contribution in [2.75, 3.05) is 18.1 Å². The van der Waals surface area contributed by atoms with Crippen molar-refractivity contribution < 1.29 is 5.11 Å². The highest BCUT2D eigenvalue weighted by Gasteiger charge is 2.26. The van der Waals surface area contributed by atoms with E-state index in [-0.39, 0.29) is 0 Å². The fraction of sp³-hybridized carbons (Fsp3) is 0.750. The molecule has 0 saturated carbocycles. The van der Waals surface area contributed by atoms with Crippen molar-refractivity contribution in [3.05, 3.63) is 18.0 Å². The topological polar surface area (TPSA) is 50.1 Å². The summed E-state index contributed by atoms with van der Waals surface area (Å²) in [7, 11) is 1.87. The monoisotopic (exact) mass is 255 g/mol. The van der Waals surface area contributed by atoms with Gasteiger partial charge in [-0.15, -0.1) is 0 Å². The van der Waals surface area contributed by atoms with E-state index >= 15 is 0 Å². The molecule has 1 fully saturated rings. The fourth-order valence-electron chi connectivity index (χ4n) is 2.05. The van der Waals surface area contributed by atoms with Crippen LogP contribution < -0.4 is 5.32 Å². The van der Waals surface area contributed by atoms with E-state index < -0.39 is 5.60 Å². The number of hydrogen-bond donors (Lipinski definition) is 2. The molecule has 0 spiro atoms. The van der Waals surface area contributed by atoms with Crippen molar-refractivity contribution in [2.24, 2.45) is 7.05 Å². The summed E-state index contributed by atoms with van der Waals surface area (Å²) in [6.45, 7) is 2.43. The van der Waals surface area contributed by atoms with Gasteiger partial charge in [0.1, 0.15) is 5.60 Å². The van der Waals surface area contributed by atoms with Crippen LogP contribution in [0.1, 0.15) is 25.3 Å². The van der Waals surface area contributed by atoms with Crippen molar-refractivity contribution >= 4 is 11.8 Å². The molecule has 17 heavy (non-hydrogen) atoms. The number of thioether (sulfide) groups is 1. The largest absolute Gasteiger partial charge is 0.384 e. The zero-order valence-electron chi connectivity index (χ0n) is 10.5. The zero-order valence-corrected chi connectivity index (χ0v) is 11.3. The van der Waals surface area contributed by atoms with E-state index in [1.165, 1.54) is 18.6 Å². The van der Waals surface area contributed by atoms with Gasteiger partial charge in [-0.05, 0) is 25.5 Å². The molecule has 1 aromatic rings. The van der Waals surface area contributed by atoms with Gasteiger partial charge in [0.15, 0.2) is 0 Å². The maximum Gasteiger partial charge on any atom is 0.102 e. The van der Waals surface area contributed by atoms with Gasteiger partial charge >= 0.3 is 0 Å². The predicted octanol–water partition coefficient (Wildman–Crippen LogP) is 1.11. The molecule has 0 radical (unpaired) electrons. The third-order valence-electron chi connectivity index (χ3n) is 3.22. The minimum Gasteiger partial charge on any atom is -0.384 e. The van der Waals surface area contributed by atoms with Crippen molar-refractivity contribution in [1.82, 2.24) is 15.1 Å². The lowest BCUT2D eigenvalue weighted by Gasteiger charge is -2.28. The lowest BCUT2D eigenvalue weighted by Crippen LogP contribution is -2.42. The van der Waals surface area contributed by atoms with Gasteiger partial charge in [-0.2, -0.15) is 16.9 Å². The maximum atomic E-state index is 10.4. The summed E-state index contributed by atoms with van der Waals surface area (Å²) >= 11 is 1.99. The molecule has 4 nitrogen and oxygen atoms in total. The highest BCUT2D eigenvalue weighted by atomic mass is 32.2. The van der Waals surface area contributed by atoms with Gasteiger partial charge in [0, 0.05) is 37.1 Å². The normalized spacial score (nSPS) is 24.5. The van der Waals surface area contributed by atoms with Crippen molar-refractivity contribution in [2.45, 2.75) is 31.4 Å². The Morgan fingerprint density at radius 3 is 3.12 bits per heavy atom. The van der Waals surface area contributed by atoms with Crippen molar-refractivity contribution in [3.8, 4) is 0 Å². The van der Waals surface area contributed by atoms with Crippen LogP contribution in [0, 0.1) is 0 Å². The van der Waals surface area contributed by atoms with Crippen LogP contribution >= 0.6 is 11.8 Å². The Hall–Kier alpha value is -0.520. The van der Waals surface area contributed by atoms with Crippen LogP contribution in [0.15, 0.2) is 12.4 Å². The Balaban J connectivity index is 1.88. The van der Waals surface area contributed by atoms with Crippen LogP contribution in [-0.4, -0.2) is 39.0 Å². The molecule has 2 N–H and O–H groups in total. The van der Waals surface area contributed by atoms with Gasteiger partial charge in [-0.3, -0.25) is 4.68 Å². The molecule has 96 valence electrons. The van der Waals surface area contributed by atoms with Gasteiger partial charge in [-0.1, -0.05) is 0 Å². The molecule has 0 aromatic carbocycles.